The summed E-state index contributed by atoms with van der Waals surface area (Å²) in [4.78, 5) is 21.6. The summed E-state index contributed by atoms with van der Waals surface area (Å²) in [6, 6.07) is 11.4. The van der Waals surface area contributed by atoms with Crippen LogP contribution in [0.5, 0.6) is 0 Å². The van der Waals surface area contributed by atoms with Gasteiger partial charge in [-0.1, -0.05) is 46.3 Å². The van der Waals surface area contributed by atoms with Crippen molar-refractivity contribution in [3.8, 4) is 11.1 Å². The van der Waals surface area contributed by atoms with Gasteiger partial charge in [0.05, 0.1) is 4.92 Å². The smallest absolute Gasteiger partial charge is 0.343 e. The number of hydrogen-bond donors (Lipinski definition) is 1. The largest absolute Gasteiger partial charge is 0.477 e. The Morgan fingerprint density at radius 3 is 2.37 bits per heavy atom. The van der Waals surface area contributed by atoms with Crippen LogP contribution in [0.2, 0.25) is 0 Å². The number of hydrogen-bond acceptors (Lipinski definition) is 3. The third-order valence-corrected chi connectivity index (χ3v) is 3.04. The third kappa shape index (κ3) is 2.63. The molecule has 2 aromatic carbocycles. The van der Waals surface area contributed by atoms with E-state index in [0.29, 0.717) is 15.6 Å². The zero-order chi connectivity index (χ0) is 14.0. The molecule has 0 radical (unpaired) electrons. The van der Waals surface area contributed by atoms with Crippen molar-refractivity contribution in [1.82, 2.24) is 0 Å². The molecule has 5 nitrogen and oxygen atoms in total. The fourth-order valence-corrected chi connectivity index (χ4v) is 2.25. The van der Waals surface area contributed by atoms with Crippen molar-refractivity contribution in [2.24, 2.45) is 0 Å². The summed E-state index contributed by atoms with van der Waals surface area (Å²) in [5, 5.41) is 20.2. The molecule has 0 aliphatic heterocycles. The van der Waals surface area contributed by atoms with Gasteiger partial charge in [-0.3, -0.25) is 10.1 Å². The minimum atomic E-state index is -1.32. The van der Waals surface area contributed by atoms with Gasteiger partial charge in [0.15, 0.2) is 0 Å². The summed E-state index contributed by atoms with van der Waals surface area (Å²) < 4.78 is 0.461. The van der Waals surface area contributed by atoms with E-state index in [4.69, 9.17) is 0 Å². The Balaban J connectivity index is 2.80. The van der Waals surface area contributed by atoms with Crippen LogP contribution in [0.1, 0.15) is 10.4 Å². The van der Waals surface area contributed by atoms with Gasteiger partial charge in [-0.2, -0.15) is 0 Å². The fraction of sp³-hybridized carbons (Fsp3) is 0. The van der Waals surface area contributed by atoms with E-state index in [1.807, 2.05) is 0 Å². The van der Waals surface area contributed by atoms with Gasteiger partial charge in [0, 0.05) is 16.1 Å². The predicted molar refractivity (Wildman–Crippen MR) is 73.2 cm³/mol. The molecule has 1 N–H and O–H groups in total. The van der Waals surface area contributed by atoms with E-state index in [0.717, 1.165) is 0 Å². The Kier molecular flexibility index (Phi) is 3.62. The molecule has 2 aromatic rings. The van der Waals surface area contributed by atoms with E-state index < -0.39 is 16.6 Å². The van der Waals surface area contributed by atoms with Crippen molar-refractivity contribution < 1.29 is 14.8 Å². The highest BCUT2D eigenvalue weighted by molar-refractivity contribution is 9.10. The molecule has 0 aromatic heterocycles. The highest BCUT2D eigenvalue weighted by atomic mass is 79.9. The molecule has 0 aliphatic carbocycles. The Hall–Kier alpha value is -2.21. The van der Waals surface area contributed by atoms with Crippen LogP contribution >= 0.6 is 15.9 Å². The highest BCUT2D eigenvalue weighted by Crippen LogP contribution is 2.34. The van der Waals surface area contributed by atoms with Crippen LogP contribution in [-0.2, 0) is 0 Å². The van der Waals surface area contributed by atoms with E-state index in [1.54, 1.807) is 36.4 Å². The average molecular weight is 322 g/mol. The van der Waals surface area contributed by atoms with Crippen molar-refractivity contribution in [2.45, 2.75) is 0 Å². The molecule has 0 heterocycles. The molecule has 19 heavy (non-hydrogen) atoms. The summed E-state index contributed by atoms with van der Waals surface area (Å²) >= 11 is 3.16. The van der Waals surface area contributed by atoms with Gasteiger partial charge in [0.25, 0.3) is 5.69 Å². The van der Waals surface area contributed by atoms with Crippen molar-refractivity contribution in [2.75, 3.05) is 0 Å². The molecule has 0 aliphatic rings. The summed E-state index contributed by atoms with van der Waals surface area (Å²) in [5.74, 6) is -1.32. The topological polar surface area (TPSA) is 80.4 Å². The monoisotopic (exact) mass is 321 g/mol. The molecule has 2 rings (SSSR count). The molecule has 0 amide bonds. The van der Waals surface area contributed by atoms with E-state index >= 15 is 0 Å². The maximum absolute atomic E-state index is 11.3. The number of aromatic carboxylic acids is 1. The molecule has 0 bridgehead atoms. The van der Waals surface area contributed by atoms with Gasteiger partial charge in [-0.25, -0.2) is 4.79 Å². The van der Waals surface area contributed by atoms with Crippen LogP contribution in [0, 0.1) is 10.1 Å². The first kappa shape index (κ1) is 13.2. The van der Waals surface area contributed by atoms with Crippen LogP contribution < -0.4 is 0 Å². The molecule has 0 fully saturated rings. The van der Waals surface area contributed by atoms with Gasteiger partial charge in [0.1, 0.15) is 5.56 Å². The van der Waals surface area contributed by atoms with Crippen molar-refractivity contribution >= 4 is 27.6 Å². The number of nitrogens with zero attached hydrogens (tertiary/aromatic N) is 1. The minimum Gasteiger partial charge on any atom is -0.477 e. The first-order valence-electron chi connectivity index (χ1n) is 5.27. The number of benzene rings is 2. The van der Waals surface area contributed by atoms with E-state index in [9.17, 15) is 20.0 Å². The maximum Gasteiger partial charge on any atom is 0.343 e. The number of carboxylic acid groups (broad SMARTS) is 1. The lowest BCUT2D eigenvalue weighted by Crippen LogP contribution is -2.05. The second-order valence-electron chi connectivity index (χ2n) is 3.78. The van der Waals surface area contributed by atoms with Crippen LogP contribution in [-0.4, -0.2) is 16.0 Å². The molecule has 0 unspecified atom stereocenters. The molecule has 96 valence electrons. The first-order valence-corrected chi connectivity index (χ1v) is 6.06. The number of rotatable bonds is 3. The lowest BCUT2D eigenvalue weighted by molar-refractivity contribution is -0.385. The first-order chi connectivity index (χ1) is 9.00. The Labute approximate surface area is 116 Å². The maximum atomic E-state index is 11.3. The van der Waals surface area contributed by atoms with Crippen molar-refractivity contribution in [3.63, 3.8) is 0 Å². The predicted octanol–water partition coefficient (Wildman–Crippen LogP) is 3.72. The Morgan fingerprint density at radius 1 is 1.21 bits per heavy atom. The summed E-state index contributed by atoms with van der Waals surface area (Å²) in [6.45, 7) is 0. The van der Waals surface area contributed by atoms with E-state index in [-0.39, 0.29) is 5.56 Å². The van der Waals surface area contributed by atoms with Gasteiger partial charge in [0.2, 0.25) is 0 Å². The number of halogens is 1. The molecule has 0 saturated heterocycles. The van der Waals surface area contributed by atoms with Crippen LogP contribution in [0.25, 0.3) is 11.1 Å². The molecule has 0 atom stereocenters. The fourth-order valence-electron chi connectivity index (χ4n) is 1.81. The molecule has 6 heteroatoms. The van der Waals surface area contributed by atoms with Crippen molar-refractivity contribution in [1.29, 1.82) is 0 Å². The number of carbonyl (C=O) groups is 1. The Morgan fingerprint density at radius 2 is 1.84 bits per heavy atom. The lowest BCUT2D eigenvalue weighted by Gasteiger charge is -2.08. The normalized spacial score (nSPS) is 10.2. The zero-order valence-corrected chi connectivity index (χ0v) is 11.1. The van der Waals surface area contributed by atoms with Crippen LogP contribution in [0.15, 0.2) is 46.9 Å². The zero-order valence-electron chi connectivity index (χ0n) is 9.54. The summed E-state index contributed by atoms with van der Waals surface area (Å²) in [6.07, 6.45) is 0. The van der Waals surface area contributed by atoms with Gasteiger partial charge < -0.3 is 5.11 Å². The van der Waals surface area contributed by atoms with Crippen LogP contribution in [0.3, 0.4) is 0 Å². The average Bonchev–Trinajstić information content (AvgIpc) is 2.38. The lowest BCUT2D eigenvalue weighted by atomic mass is 9.98. The molecule has 0 spiro atoms. The third-order valence-electron chi connectivity index (χ3n) is 2.58. The number of carboxylic acids is 1. The van der Waals surface area contributed by atoms with E-state index in [2.05, 4.69) is 15.9 Å². The van der Waals surface area contributed by atoms with Gasteiger partial charge >= 0.3 is 5.97 Å². The second kappa shape index (κ2) is 5.19. The molecular formula is C13H8BrNO4. The van der Waals surface area contributed by atoms with Gasteiger partial charge in [-0.05, 0) is 11.6 Å². The quantitative estimate of drug-likeness (QED) is 0.690. The Bertz CT molecular complexity index is 655. The van der Waals surface area contributed by atoms with E-state index in [1.165, 1.54) is 6.07 Å². The second-order valence-corrected chi connectivity index (χ2v) is 4.69. The van der Waals surface area contributed by atoms with Crippen molar-refractivity contribution in [3.05, 3.63) is 62.6 Å². The highest BCUT2D eigenvalue weighted by Gasteiger charge is 2.25. The SMILES string of the molecule is O=C(O)c1c(-c2ccccc2)cc(Br)cc1[N+](=O)[O-]. The summed E-state index contributed by atoms with van der Waals surface area (Å²) in [5.41, 5.74) is 0.193. The molecular weight excluding hydrogens is 314 g/mol. The minimum absolute atomic E-state index is 0.306. The van der Waals surface area contributed by atoms with Crippen LogP contribution in [0.4, 0.5) is 5.69 Å². The molecule has 0 saturated carbocycles. The number of nitro benzene ring substituents is 1. The van der Waals surface area contributed by atoms with Gasteiger partial charge in [-0.15, -0.1) is 0 Å². The summed E-state index contributed by atoms with van der Waals surface area (Å²) in [7, 11) is 0. The standard InChI is InChI=1S/C13H8BrNO4/c14-9-6-10(8-4-2-1-3-5-8)12(13(16)17)11(7-9)15(18)19/h1-7H,(H,16,17). The number of nitro groups is 1.